The smallest absolute Gasteiger partial charge is 0.177 e. The molecule has 0 aromatic heterocycles. The van der Waals surface area contributed by atoms with Gasteiger partial charge in [0.2, 0.25) is 0 Å². The summed E-state index contributed by atoms with van der Waals surface area (Å²) in [5, 5.41) is 2.66. The molecule has 15 heavy (non-hydrogen) atoms. The number of rotatable bonds is 3. The van der Waals surface area contributed by atoms with E-state index >= 15 is 0 Å². The highest BCUT2D eigenvalue weighted by molar-refractivity contribution is 6.00. The minimum absolute atomic E-state index is 0.0740. The Bertz CT molecular complexity index is 376. The van der Waals surface area contributed by atoms with Crippen LogP contribution in [0.25, 0.3) is 0 Å². The fourth-order valence-electron chi connectivity index (χ4n) is 1.52. The number of halogens is 2. The summed E-state index contributed by atoms with van der Waals surface area (Å²) in [5.74, 6) is -1.67. The van der Waals surface area contributed by atoms with Gasteiger partial charge in [-0.25, -0.2) is 8.78 Å². The highest BCUT2D eigenvalue weighted by atomic mass is 19.1. The molecular formula is C11H13F2NO. The summed E-state index contributed by atoms with van der Waals surface area (Å²) in [6.07, 6.45) is 0. The van der Waals surface area contributed by atoms with Crippen molar-refractivity contribution >= 4 is 5.78 Å². The molecule has 0 fully saturated rings. The average molecular weight is 213 g/mol. The molecule has 0 aliphatic heterocycles. The topological polar surface area (TPSA) is 29.1 Å². The predicted octanol–water partition coefficient (Wildman–Crippen LogP) is 1.98. The molecular weight excluding hydrogens is 200 g/mol. The zero-order chi connectivity index (χ0) is 11.6. The van der Waals surface area contributed by atoms with Gasteiger partial charge in [0.1, 0.15) is 11.6 Å². The lowest BCUT2D eigenvalue weighted by Crippen LogP contribution is -2.21. The van der Waals surface area contributed by atoms with Gasteiger partial charge in [-0.05, 0) is 32.0 Å². The van der Waals surface area contributed by atoms with Gasteiger partial charge in [-0.1, -0.05) is 0 Å². The van der Waals surface area contributed by atoms with Crippen molar-refractivity contribution in [1.29, 1.82) is 0 Å². The van der Waals surface area contributed by atoms with Crippen LogP contribution in [0.5, 0.6) is 0 Å². The van der Waals surface area contributed by atoms with Crippen LogP contribution >= 0.6 is 0 Å². The number of carbonyl (C=O) groups is 1. The molecule has 2 nitrogen and oxygen atoms in total. The summed E-state index contributed by atoms with van der Waals surface area (Å²) in [4.78, 5) is 11.6. The third kappa shape index (κ3) is 2.21. The summed E-state index contributed by atoms with van der Waals surface area (Å²) in [6.45, 7) is 3.03. The van der Waals surface area contributed by atoms with Crippen LogP contribution in [0.15, 0.2) is 6.07 Å². The molecule has 0 amide bonds. The van der Waals surface area contributed by atoms with Crippen molar-refractivity contribution in [2.45, 2.75) is 13.8 Å². The zero-order valence-corrected chi connectivity index (χ0v) is 8.95. The summed E-state index contributed by atoms with van der Waals surface area (Å²) in [7, 11) is 1.61. The molecule has 0 bridgehead atoms. The molecule has 0 atom stereocenters. The normalized spacial score (nSPS) is 10.5. The Balaban J connectivity index is 3.32. The van der Waals surface area contributed by atoms with Crippen molar-refractivity contribution in [2.24, 2.45) is 0 Å². The molecule has 0 aliphatic rings. The number of hydrogen-bond acceptors (Lipinski definition) is 2. The lowest BCUT2D eigenvalue weighted by atomic mass is 9.98. The molecule has 0 radical (unpaired) electrons. The molecule has 0 spiro atoms. The summed E-state index contributed by atoms with van der Waals surface area (Å²) in [5.41, 5.74) is 0.546. The van der Waals surface area contributed by atoms with Crippen molar-refractivity contribution in [3.63, 3.8) is 0 Å². The summed E-state index contributed by atoms with van der Waals surface area (Å²) >= 11 is 0. The fraction of sp³-hybridized carbons (Fsp3) is 0.364. The summed E-state index contributed by atoms with van der Waals surface area (Å²) < 4.78 is 26.4. The van der Waals surface area contributed by atoms with Gasteiger partial charge in [-0.3, -0.25) is 4.79 Å². The molecule has 1 N–H and O–H groups in total. The highest BCUT2D eigenvalue weighted by Gasteiger charge is 2.17. The quantitative estimate of drug-likeness (QED) is 0.778. The first-order valence-corrected chi connectivity index (χ1v) is 4.62. The number of hydrogen-bond donors (Lipinski definition) is 1. The maximum Gasteiger partial charge on any atom is 0.177 e. The third-order valence-electron chi connectivity index (χ3n) is 2.34. The van der Waals surface area contributed by atoms with Crippen LogP contribution in [0, 0.1) is 25.5 Å². The fourth-order valence-corrected chi connectivity index (χ4v) is 1.52. The number of benzene rings is 1. The first-order chi connectivity index (χ1) is 6.99. The first kappa shape index (κ1) is 11.8. The van der Waals surface area contributed by atoms with Gasteiger partial charge in [-0.15, -0.1) is 0 Å². The average Bonchev–Trinajstić information content (AvgIpc) is 2.16. The molecule has 0 saturated heterocycles. The van der Waals surface area contributed by atoms with E-state index in [-0.39, 0.29) is 29.0 Å². The lowest BCUT2D eigenvalue weighted by molar-refractivity contribution is 0.0991. The largest absolute Gasteiger partial charge is 0.313 e. The molecule has 82 valence electrons. The number of likely N-dealkylation sites (N-methyl/N-ethyl adjacent to an activating group) is 1. The second kappa shape index (κ2) is 4.49. The maximum atomic E-state index is 13.2. The molecule has 1 aromatic rings. The standard InChI is InChI=1S/C11H13F2NO/c1-6-8(12)4-9(13)7(2)11(6)10(15)5-14-3/h4,14H,5H2,1-3H3. The summed E-state index contributed by atoms with van der Waals surface area (Å²) in [6, 6.07) is 0.806. The van der Waals surface area contributed by atoms with Crippen molar-refractivity contribution in [2.75, 3.05) is 13.6 Å². The molecule has 1 rings (SSSR count). The van der Waals surface area contributed by atoms with Crippen LogP contribution in [0.3, 0.4) is 0 Å². The van der Waals surface area contributed by atoms with Gasteiger partial charge in [0, 0.05) is 11.6 Å². The van der Waals surface area contributed by atoms with Gasteiger partial charge in [0.05, 0.1) is 6.54 Å². The van der Waals surface area contributed by atoms with Gasteiger partial charge < -0.3 is 5.32 Å². The van der Waals surface area contributed by atoms with Crippen LogP contribution < -0.4 is 5.32 Å². The highest BCUT2D eigenvalue weighted by Crippen LogP contribution is 2.20. The monoisotopic (exact) mass is 213 g/mol. The Kier molecular flexibility index (Phi) is 3.52. The van der Waals surface area contributed by atoms with E-state index < -0.39 is 11.6 Å². The Labute approximate surface area is 87.3 Å². The van der Waals surface area contributed by atoms with E-state index in [1.54, 1.807) is 7.05 Å². The van der Waals surface area contributed by atoms with Crippen molar-refractivity contribution < 1.29 is 13.6 Å². The van der Waals surface area contributed by atoms with E-state index in [2.05, 4.69) is 5.32 Å². The number of carbonyl (C=O) groups excluding carboxylic acids is 1. The van der Waals surface area contributed by atoms with Crippen LogP contribution in [0.2, 0.25) is 0 Å². The maximum absolute atomic E-state index is 13.2. The van der Waals surface area contributed by atoms with Crippen LogP contribution in [-0.4, -0.2) is 19.4 Å². The lowest BCUT2D eigenvalue weighted by Gasteiger charge is -2.10. The van der Waals surface area contributed by atoms with Crippen molar-refractivity contribution in [3.8, 4) is 0 Å². The van der Waals surface area contributed by atoms with E-state index in [1.807, 2.05) is 0 Å². The van der Waals surface area contributed by atoms with Gasteiger partial charge in [-0.2, -0.15) is 0 Å². The Morgan fingerprint density at radius 1 is 1.27 bits per heavy atom. The van der Waals surface area contributed by atoms with Gasteiger partial charge >= 0.3 is 0 Å². The Morgan fingerprint density at radius 2 is 1.73 bits per heavy atom. The minimum atomic E-state index is -0.683. The first-order valence-electron chi connectivity index (χ1n) is 4.62. The molecule has 1 aromatic carbocycles. The van der Waals surface area contributed by atoms with Crippen molar-refractivity contribution in [3.05, 3.63) is 34.4 Å². The molecule has 4 heteroatoms. The second-order valence-corrected chi connectivity index (χ2v) is 3.42. The zero-order valence-electron chi connectivity index (χ0n) is 8.95. The second-order valence-electron chi connectivity index (χ2n) is 3.42. The molecule has 0 saturated carbocycles. The van der Waals surface area contributed by atoms with Crippen LogP contribution in [0.4, 0.5) is 8.78 Å². The number of ketones is 1. The molecule has 0 unspecified atom stereocenters. The van der Waals surface area contributed by atoms with Crippen LogP contribution in [0.1, 0.15) is 21.5 Å². The van der Waals surface area contributed by atoms with Crippen LogP contribution in [-0.2, 0) is 0 Å². The SMILES string of the molecule is CNCC(=O)c1c(C)c(F)cc(F)c1C. The molecule has 0 heterocycles. The minimum Gasteiger partial charge on any atom is -0.313 e. The molecule has 0 aliphatic carbocycles. The predicted molar refractivity (Wildman–Crippen MR) is 54.1 cm³/mol. The van der Waals surface area contributed by atoms with E-state index in [1.165, 1.54) is 13.8 Å². The number of nitrogens with one attached hydrogen (secondary N) is 1. The van der Waals surface area contributed by atoms with Gasteiger partial charge in [0.15, 0.2) is 5.78 Å². The van der Waals surface area contributed by atoms with E-state index in [4.69, 9.17) is 0 Å². The Hall–Kier alpha value is -1.29. The van der Waals surface area contributed by atoms with Gasteiger partial charge in [0.25, 0.3) is 0 Å². The van der Waals surface area contributed by atoms with E-state index in [9.17, 15) is 13.6 Å². The van der Waals surface area contributed by atoms with E-state index in [0.29, 0.717) is 0 Å². The van der Waals surface area contributed by atoms with Crippen molar-refractivity contribution in [1.82, 2.24) is 5.32 Å². The Morgan fingerprint density at radius 3 is 2.13 bits per heavy atom. The number of Topliss-reactive ketones (excluding diaryl/α,β-unsaturated/α-hetero) is 1. The van der Waals surface area contributed by atoms with E-state index in [0.717, 1.165) is 6.07 Å². The third-order valence-corrected chi connectivity index (χ3v) is 2.34.